The maximum absolute atomic E-state index is 12.9. The second-order valence-electron chi connectivity index (χ2n) is 10.0. The molecule has 202 valence electrons. The summed E-state index contributed by atoms with van der Waals surface area (Å²) in [6.45, 7) is 6.33. The molecule has 11 nitrogen and oxygen atoms in total. The molecule has 3 aliphatic rings. The summed E-state index contributed by atoms with van der Waals surface area (Å²) in [5.74, 6) is -0.177. The second kappa shape index (κ2) is 8.64. The molecule has 2 aromatic heterocycles. The molecule has 2 fully saturated rings. The summed E-state index contributed by atoms with van der Waals surface area (Å²) in [4.78, 5) is 37.5. The van der Waals surface area contributed by atoms with E-state index in [-0.39, 0.29) is 40.6 Å². The lowest BCUT2D eigenvalue weighted by Gasteiger charge is -2.42. The molecule has 0 spiro atoms. The molecule has 1 amide bonds. The summed E-state index contributed by atoms with van der Waals surface area (Å²) >= 11 is 1.05. The van der Waals surface area contributed by atoms with Gasteiger partial charge in [-0.25, -0.2) is 14.6 Å². The molecule has 2 saturated heterocycles. The van der Waals surface area contributed by atoms with Gasteiger partial charge in [0, 0.05) is 31.6 Å². The molecule has 5 rings (SSSR count). The van der Waals surface area contributed by atoms with Crippen molar-refractivity contribution in [1.82, 2.24) is 19.4 Å². The molecule has 37 heavy (non-hydrogen) atoms. The SMILES string of the molecule is CC(C)(C)OC(=O)N1C2CCC1CN(c1nc(=O)n3c4c(c(OS(=O)(=O)C(F)(F)F)ncc14)SCC3)C2. The van der Waals surface area contributed by atoms with Crippen molar-refractivity contribution in [2.24, 2.45) is 0 Å². The highest BCUT2D eigenvalue weighted by Gasteiger charge is 2.49. The Balaban J connectivity index is 1.53. The number of anilines is 1. The van der Waals surface area contributed by atoms with E-state index < -0.39 is 38.9 Å². The molecule has 2 atom stereocenters. The van der Waals surface area contributed by atoms with Crippen LogP contribution in [0, 0.1) is 0 Å². The topological polar surface area (TPSA) is 124 Å². The van der Waals surface area contributed by atoms with Crippen LogP contribution in [-0.2, 0) is 21.4 Å². The Labute approximate surface area is 214 Å². The van der Waals surface area contributed by atoms with Gasteiger partial charge in [-0.05, 0) is 33.6 Å². The van der Waals surface area contributed by atoms with E-state index in [1.54, 1.807) is 25.7 Å². The minimum Gasteiger partial charge on any atom is -0.444 e. The van der Waals surface area contributed by atoms with Gasteiger partial charge >= 0.3 is 27.4 Å². The van der Waals surface area contributed by atoms with Gasteiger partial charge < -0.3 is 13.8 Å². The zero-order valence-electron chi connectivity index (χ0n) is 20.1. The van der Waals surface area contributed by atoms with Crippen molar-refractivity contribution in [3.05, 3.63) is 16.7 Å². The third kappa shape index (κ3) is 4.57. The minimum atomic E-state index is -5.95. The third-order valence-corrected chi connectivity index (χ3v) is 8.33. The Bertz CT molecular complexity index is 1430. The van der Waals surface area contributed by atoms with Crippen molar-refractivity contribution in [2.45, 2.75) is 68.2 Å². The van der Waals surface area contributed by atoms with Crippen LogP contribution in [0.25, 0.3) is 10.9 Å². The first-order valence-corrected chi connectivity index (χ1v) is 13.9. The van der Waals surface area contributed by atoms with E-state index in [4.69, 9.17) is 4.74 Å². The van der Waals surface area contributed by atoms with Crippen molar-refractivity contribution in [1.29, 1.82) is 0 Å². The Kier molecular flexibility index (Phi) is 6.05. The molecule has 0 aromatic carbocycles. The fourth-order valence-electron chi connectivity index (χ4n) is 4.92. The second-order valence-corrected chi connectivity index (χ2v) is 12.7. The fraction of sp³-hybridized carbons (Fsp3) is 0.619. The number of fused-ring (bicyclic) bond motifs is 2. The molecule has 0 radical (unpaired) electrons. The number of ether oxygens (including phenoxy) is 1. The van der Waals surface area contributed by atoms with E-state index in [1.807, 2.05) is 4.90 Å². The average Bonchev–Trinajstić information content (AvgIpc) is 3.05. The number of rotatable bonds is 3. The standard InChI is InChI=1S/C21H24F3N5O6S2/c1-20(2,3)34-19(31)29-11-4-5-12(29)10-27(9-11)16-13-8-25-17(35-37(32,33)21(22,23)24)15-14(13)28(6-7-36-15)18(30)26-16/h8,11-12H,4-7,9-10H2,1-3H3. The number of amides is 1. The molecule has 0 N–H and O–H groups in total. The van der Waals surface area contributed by atoms with E-state index in [9.17, 15) is 31.2 Å². The lowest BCUT2D eigenvalue weighted by molar-refractivity contribution is -0.0502. The summed E-state index contributed by atoms with van der Waals surface area (Å²) < 4.78 is 73.3. The summed E-state index contributed by atoms with van der Waals surface area (Å²) in [7, 11) is -5.95. The van der Waals surface area contributed by atoms with E-state index in [2.05, 4.69) is 14.2 Å². The summed E-state index contributed by atoms with van der Waals surface area (Å²) in [5.41, 5.74) is -6.69. The smallest absolute Gasteiger partial charge is 0.444 e. The van der Waals surface area contributed by atoms with Crippen molar-refractivity contribution < 1.29 is 35.3 Å². The lowest BCUT2D eigenvalue weighted by atomic mass is 10.1. The summed E-state index contributed by atoms with van der Waals surface area (Å²) in [6.07, 6.45) is 2.24. The molecular weight excluding hydrogens is 539 g/mol. The number of alkyl halides is 3. The average molecular weight is 564 g/mol. The van der Waals surface area contributed by atoms with E-state index in [0.29, 0.717) is 18.5 Å². The third-order valence-electron chi connectivity index (χ3n) is 6.34. The molecule has 3 aliphatic heterocycles. The number of aromatic nitrogens is 3. The summed E-state index contributed by atoms with van der Waals surface area (Å²) in [6, 6.07) is -0.357. The minimum absolute atomic E-state index is 0.0210. The van der Waals surface area contributed by atoms with Gasteiger partial charge in [0.15, 0.2) is 0 Å². The first-order chi connectivity index (χ1) is 17.2. The molecule has 5 heterocycles. The predicted octanol–water partition coefficient (Wildman–Crippen LogP) is 2.71. The van der Waals surface area contributed by atoms with Crippen molar-refractivity contribution in [3.8, 4) is 5.88 Å². The molecule has 0 aliphatic carbocycles. The van der Waals surface area contributed by atoms with Crippen LogP contribution >= 0.6 is 11.8 Å². The first kappa shape index (κ1) is 25.9. The van der Waals surface area contributed by atoms with Crippen LogP contribution in [-0.4, -0.2) is 76.0 Å². The van der Waals surface area contributed by atoms with Crippen LogP contribution in [0.3, 0.4) is 0 Å². The predicted molar refractivity (Wildman–Crippen MR) is 127 cm³/mol. The Morgan fingerprint density at radius 3 is 2.41 bits per heavy atom. The highest BCUT2D eigenvalue weighted by Crippen LogP contribution is 2.42. The van der Waals surface area contributed by atoms with Crippen LogP contribution < -0.4 is 14.8 Å². The number of carbonyl (C=O) groups is 1. The largest absolute Gasteiger partial charge is 0.534 e. The van der Waals surface area contributed by atoms with Crippen LogP contribution in [0.1, 0.15) is 33.6 Å². The van der Waals surface area contributed by atoms with Crippen molar-refractivity contribution >= 4 is 44.7 Å². The number of aryl methyl sites for hydroxylation is 1. The van der Waals surface area contributed by atoms with Crippen molar-refractivity contribution in [2.75, 3.05) is 23.7 Å². The fourth-order valence-corrected chi connectivity index (χ4v) is 6.46. The highest BCUT2D eigenvalue weighted by molar-refractivity contribution is 7.99. The lowest BCUT2D eigenvalue weighted by Crippen LogP contribution is -2.57. The Hall–Kier alpha value is -2.75. The summed E-state index contributed by atoms with van der Waals surface area (Å²) in [5, 5.41) is 0.378. The number of hydrogen-bond donors (Lipinski definition) is 0. The first-order valence-electron chi connectivity index (χ1n) is 11.5. The van der Waals surface area contributed by atoms with Gasteiger partial charge in [-0.2, -0.15) is 26.6 Å². The maximum Gasteiger partial charge on any atom is 0.534 e. The van der Waals surface area contributed by atoms with Crippen LogP contribution in [0.5, 0.6) is 5.88 Å². The van der Waals surface area contributed by atoms with Gasteiger partial charge in [0.05, 0.1) is 27.9 Å². The number of halogens is 3. The van der Waals surface area contributed by atoms with Crippen LogP contribution in [0.15, 0.2) is 15.9 Å². The normalized spacial score (nSPS) is 21.9. The maximum atomic E-state index is 12.9. The molecule has 2 bridgehead atoms. The highest BCUT2D eigenvalue weighted by atomic mass is 32.2. The molecular formula is C21H24F3N5O6S2. The quantitative estimate of drug-likeness (QED) is 0.407. The van der Waals surface area contributed by atoms with Gasteiger partial charge in [-0.1, -0.05) is 0 Å². The number of carbonyl (C=O) groups excluding carboxylic acids is 1. The zero-order valence-corrected chi connectivity index (χ0v) is 21.7. The number of piperazine rings is 1. The van der Waals surface area contributed by atoms with E-state index in [0.717, 1.165) is 24.6 Å². The Morgan fingerprint density at radius 2 is 1.81 bits per heavy atom. The van der Waals surface area contributed by atoms with Crippen LogP contribution in [0.4, 0.5) is 23.8 Å². The molecule has 16 heteroatoms. The monoisotopic (exact) mass is 563 g/mol. The zero-order chi connectivity index (χ0) is 26.9. The number of hydrogen-bond acceptors (Lipinski definition) is 10. The van der Waals surface area contributed by atoms with Crippen LogP contribution in [0.2, 0.25) is 0 Å². The number of thioether (sulfide) groups is 1. The molecule has 2 aromatic rings. The van der Waals surface area contributed by atoms with Gasteiger partial charge in [0.25, 0.3) is 0 Å². The van der Waals surface area contributed by atoms with Gasteiger partial charge in [-0.15, -0.1) is 11.8 Å². The molecule has 2 unspecified atom stereocenters. The Morgan fingerprint density at radius 1 is 1.16 bits per heavy atom. The van der Waals surface area contributed by atoms with E-state index >= 15 is 0 Å². The van der Waals surface area contributed by atoms with E-state index in [1.165, 1.54) is 10.8 Å². The number of pyridine rings is 1. The number of nitrogens with zero attached hydrogens (tertiary/aromatic N) is 5. The van der Waals surface area contributed by atoms with Gasteiger partial charge in [-0.3, -0.25) is 9.47 Å². The van der Waals surface area contributed by atoms with Gasteiger partial charge in [0.1, 0.15) is 11.4 Å². The van der Waals surface area contributed by atoms with Gasteiger partial charge in [0.2, 0.25) is 5.88 Å². The molecule has 0 saturated carbocycles. The van der Waals surface area contributed by atoms with Crippen molar-refractivity contribution in [3.63, 3.8) is 0 Å².